The maximum atomic E-state index is 10.3. The first-order valence-corrected chi connectivity index (χ1v) is 6.07. The minimum Gasteiger partial charge on any atom is -0.362 e. The van der Waals surface area contributed by atoms with Gasteiger partial charge >= 0.3 is 5.30 Å². The van der Waals surface area contributed by atoms with E-state index >= 15 is 0 Å². The Morgan fingerprint density at radius 3 is 2.86 bits per heavy atom. The van der Waals surface area contributed by atoms with Gasteiger partial charge in [0.15, 0.2) is 0 Å². The summed E-state index contributed by atoms with van der Waals surface area (Å²) >= 11 is 7.56. The highest BCUT2D eigenvalue weighted by molar-refractivity contribution is 8.68. The topological polar surface area (TPSA) is 38.3 Å². The first kappa shape index (κ1) is 11.8. The second kappa shape index (κ2) is 6.23. The van der Waals surface area contributed by atoms with Crippen LogP contribution in [0.2, 0.25) is 0 Å². The average Bonchev–Trinajstić information content (AvgIpc) is 2.18. The SMILES string of the molecule is O=C(S)ONCc1ccccc1SS. The lowest BCUT2D eigenvalue weighted by molar-refractivity contribution is 0.112. The minimum absolute atomic E-state index is 0.441. The molecule has 0 heterocycles. The molecule has 0 saturated carbocycles. The van der Waals surface area contributed by atoms with E-state index in [0.717, 1.165) is 10.5 Å². The fraction of sp³-hybridized carbons (Fsp3) is 0.125. The Kier molecular flexibility index (Phi) is 5.24. The molecule has 0 radical (unpaired) electrons. The Bertz CT molecular complexity index is 319. The van der Waals surface area contributed by atoms with Crippen molar-refractivity contribution >= 4 is 40.4 Å². The van der Waals surface area contributed by atoms with E-state index in [-0.39, 0.29) is 0 Å². The number of carbonyl (C=O) groups excluding carboxylic acids is 1. The summed E-state index contributed by atoms with van der Waals surface area (Å²) in [6.07, 6.45) is 0. The summed E-state index contributed by atoms with van der Waals surface area (Å²) in [6.45, 7) is 0.441. The Morgan fingerprint density at radius 1 is 1.50 bits per heavy atom. The number of nitrogens with one attached hydrogen (secondary N) is 1. The van der Waals surface area contributed by atoms with Crippen LogP contribution in [0.25, 0.3) is 0 Å². The van der Waals surface area contributed by atoms with Crippen LogP contribution in [0, 0.1) is 0 Å². The molecule has 0 atom stereocenters. The lowest BCUT2D eigenvalue weighted by atomic mass is 10.2. The van der Waals surface area contributed by atoms with Crippen molar-refractivity contribution in [3.8, 4) is 0 Å². The number of hydroxylamine groups is 1. The lowest BCUT2D eigenvalue weighted by Gasteiger charge is -2.06. The van der Waals surface area contributed by atoms with Gasteiger partial charge in [-0.15, -0.1) is 17.1 Å². The number of carbonyl (C=O) groups is 1. The standard InChI is InChI=1S/C8H9NO2S3/c10-8(12)11-9-5-6-3-1-2-4-7(6)14-13/h1-4,9,13H,5H2,(H,10,12). The first-order chi connectivity index (χ1) is 6.74. The van der Waals surface area contributed by atoms with Crippen LogP contribution in [0.3, 0.4) is 0 Å². The predicted molar refractivity (Wildman–Crippen MR) is 63.6 cm³/mol. The van der Waals surface area contributed by atoms with Gasteiger partial charge in [-0.3, -0.25) is 0 Å². The molecule has 0 saturated heterocycles. The van der Waals surface area contributed by atoms with E-state index in [1.165, 1.54) is 10.8 Å². The highest BCUT2D eigenvalue weighted by Gasteiger charge is 2.01. The predicted octanol–water partition coefficient (Wildman–Crippen LogP) is 2.69. The molecule has 76 valence electrons. The average molecular weight is 247 g/mol. The molecule has 3 nitrogen and oxygen atoms in total. The minimum atomic E-state index is -0.652. The Hall–Kier alpha value is -0.300. The molecule has 0 aromatic heterocycles. The molecule has 1 N–H and O–H groups in total. The number of rotatable bonds is 4. The van der Waals surface area contributed by atoms with E-state index in [1.807, 2.05) is 24.3 Å². The molecule has 0 aliphatic rings. The van der Waals surface area contributed by atoms with Crippen LogP contribution in [0.1, 0.15) is 5.56 Å². The Balaban J connectivity index is 2.53. The zero-order chi connectivity index (χ0) is 10.4. The van der Waals surface area contributed by atoms with Gasteiger partial charge in [-0.25, -0.2) is 4.79 Å². The van der Waals surface area contributed by atoms with Gasteiger partial charge in [-0.2, -0.15) is 0 Å². The Morgan fingerprint density at radius 2 is 2.21 bits per heavy atom. The second-order valence-electron chi connectivity index (χ2n) is 2.39. The molecule has 14 heavy (non-hydrogen) atoms. The molecule has 0 spiro atoms. The van der Waals surface area contributed by atoms with Crippen molar-refractivity contribution < 1.29 is 9.63 Å². The third-order valence-corrected chi connectivity index (χ3v) is 2.77. The van der Waals surface area contributed by atoms with Crippen molar-refractivity contribution in [1.82, 2.24) is 5.48 Å². The van der Waals surface area contributed by atoms with E-state index in [4.69, 9.17) is 0 Å². The van der Waals surface area contributed by atoms with Gasteiger partial charge in [-0.05, 0) is 11.6 Å². The van der Waals surface area contributed by atoms with E-state index in [9.17, 15) is 4.79 Å². The van der Waals surface area contributed by atoms with E-state index in [1.54, 1.807) is 0 Å². The largest absolute Gasteiger partial charge is 0.382 e. The van der Waals surface area contributed by atoms with E-state index in [2.05, 4.69) is 34.6 Å². The number of hydrogen-bond acceptors (Lipinski definition) is 5. The summed E-state index contributed by atoms with van der Waals surface area (Å²) < 4.78 is 0. The van der Waals surface area contributed by atoms with Gasteiger partial charge in [0.05, 0.1) is 6.54 Å². The molecule has 0 bridgehead atoms. The van der Waals surface area contributed by atoms with E-state index < -0.39 is 5.30 Å². The van der Waals surface area contributed by atoms with Gasteiger partial charge in [0.25, 0.3) is 0 Å². The van der Waals surface area contributed by atoms with Crippen LogP contribution in [0.4, 0.5) is 4.79 Å². The summed E-state index contributed by atoms with van der Waals surface area (Å²) in [4.78, 5) is 15.9. The van der Waals surface area contributed by atoms with Crippen LogP contribution < -0.4 is 5.48 Å². The molecule has 1 rings (SSSR count). The van der Waals surface area contributed by atoms with Crippen LogP contribution >= 0.6 is 35.1 Å². The van der Waals surface area contributed by atoms with Crippen LogP contribution in [-0.4, -0.2) is 5.30 Å². The van der Waals surface area contributed by atoms with Gasteiger partial charge in [-0.1, -0.05) is 41.6 Å². The van der Waals surface area contributed by atoms with E-state index in [0.29, 0.717) is 6.54 Å². The monoisotopic (exact) mass is 247 g/mol. The third kappa shape index (κ3) is 3.83. The molecule has 0 amide bonds. The zero-order valence-electron chi connectivity index (χ0n) is 7.14. The lowest BCUT2D eigenvalue weighted by Crippen LogP contribution is -2.15. The van der Waals surface area contributed by atoms with Crippen molar-refractivity contribution in [3.63, 3.8) is 0 Å². The van der Waals surface area contributed by atoms with Crippen LogP contribution in [0.5, 0.6) is 0 Å². The van der Waals surface area contributed by atoms with Crippen molar-refractivity contribution in [1.29, 1.82) is 0 Å². The molecule has 0 fully saturated rings. The van der Waals surface area contributed by atoms with Gasteiger partial charge < -0.3 is 4.84 Å². The normalized spacial score (nSPS) is 9.86. The third-order valence-electron chi connectivity index (χ3n) is 1.49. The Labute approximate surface area is 96.8 Å². The summed E-state index contributed by atoms with van der Waals surface area (Å²) in [5.41, 5.74) is 3.52. The number of thiol groups is 2. The zero-order valence-corrected chi connectivity index (χ0v) is 9.74. The summed E-state index contributed by atoms with van der Waals surface area (Å²) in [5, 5.41) is -0.652. The smallest absolute Gasteiger partial charge is 0.362 e. The fourth-order valence-corrected chi connectivity index (χ4v) is 1.91. The summed E-state index contributed by atoms with van der Waals surface area (Å²) in [6, 6.07) is 7.70. The molecule has 0 aliphatic heterocycles. The molecule has 6 heteroatoms. The molecule has 1 aromatic rings. The summed E-state index contributed by atoms with van der Waals surface area (Å²) in [7, 11) is 1.35. The molecule has 0 aliphatic carbocycles. The first-order valence-electron chi connectivity index (χ1n) is 3.76. The van der Waals surface area contributed by atoms with Gasteiger partial charge in [0.2, 0.25) is 0 Å². The van der Waals surface area contributed by atoms with Gasteiger partial charge in [0.1, 0.15) is 0 Å². The highest BCUT2D eigenvalue weighted by atomic mass is 33.1. The maximum Gasteiger partial charge on any atom is 0.382 e. The molecular weight excluding hydrogens is 238 g/mol. The number of benzene rings is 1. The highest BCUT2D eigenvalue weighted by Crippen LogP contribution is 2.24. The second-order valence-corrected chi connectivity index (χ2v) is 3.92. The van der Waals surface area contributed by atoms with Crippen molar-refractivity contribution in [2.24, 2.45) is 0 Å². The molecular formula is C8H9NO2S3. The fourth-order valence-electron chi connectivity index (χ4n) is 0.915. The summed E-state index contributed by atoms with van der Waals surface area (Å²) in [5.74, 6) is 0. The number of hydrogen-bond donors (Lipinski definition) is 3. The van der Waals surface area contributed by atoms with Gasteiger partial charge in [0, 0.05) is 4.90 Å². The van der Waals surface area contributed by atoms with Crippen molar-refractivity contribution in [3.05, 3.63) is 29.8 Å². The quantitative estimate of drug-likeness (QED) is 0.434. The molecule has 1 aromatic carbocycles. The van der Waals surface area contributed by atoms with Crippen LogP contribution in [0.15, 0.2) is 29.2 Å². The molecule has 0 unspecified atom stereocenters. The van der Waals surface area contributed by atoms with Crippen molar-refractivity contribution in [2.45, 2.75) is 11.4 Å². The van der Waals surface area contributed by atoms with Crippen molar-refractivity contribution in [2.75, 3.05) is 0 Å². The van der Waals surface area contributed by atoms with Crippen LogP contribution in [-0.2, 0) is 11.4 Å². The maximum absolute atomic E-state index is 10.3.